The summed E-state index contributed by atoms with van der Waals surface area (Å²) in [4.78, 5) is 26.2. The van der Waals surface area contributed by atoms with E-state index < -0.39 is 0 Å². The molecule has 3 heterocycles. The number of benzene rings is 1. The third-order valence-corrected chi connectivity index (χ3v) is 6.28. The van der Waals surface area contributed by atoms with Gasteiger partial charge < -0.3 is 15.5 Å². The summed E-state index contributed by atoms with van der Waals surface area (Å²) in [6.45, 7) is 2.80. The highest BCUT2D eigenvalue weighted by atomic mass is 32.1. The van der Waals surface area contributed by atoms with Gasteiger partial charge in [-0.05, 0) is 30.5 Å². The van der Waals surface area contributed by atoms with Gasteiger partial charge in [-0.25, -0.2) is 9.37 Å². The normalized spacial score (nSPS) is 17.3. The molecular formula is C20H20FN5OS. The lowest BCUT2D eigenvalue weighted by Gasteiger charge is -2.36. The van der Waals surface area contributed by atoms with Crippen molar-refractivity contribution in [1.29, 1.82) is 0 Å². The minimum atomic E-state index is -0.263. The zero-order valence-electron chi connectivity index (χ0n) is 15.3. The summed E-state index contributed by atoms with van der Waals surface area (Å²) in [5, 5.41) is 2.95. The molecule has 28 heavy (non-hydrogen) atoms. The van der Waals surface area contributed by atoms with E-state index in [2.05, 4.69) is 14.9 Å². The first-order valence-electron chi connectivity index (χ1n) is 9.44. The van der Waals surface area contributed by atoms with Crippen LogP contribution in [-0.4, -0.2) is 47.0 Å². The van der Waals surface area contributed by atoms with Crippen LogP contribution in [0, 0.1) is 11.7 Å². The first-order chi connectivity index (χ1) is 13.6. The molecule has 3 aromatic rings. The van der Waals surface area contributed by atoms with E-state index in [4.69, 9.17) is 5.73 Å². The van der Waals surface area contributed by atoms with E-state index in [9.17, 15) is 9.18 Å². The fraction of sp³-hybridized carbons (Fsp3) is 0.350. The topological polar surface area (TPSA) is 75.3 Å². The number of thiophene rings is 1. The molecule has 2 fully saturated rings. The largest absolute Gasteiger partial charge is 0.368 e. The monoisotopic (exact) mass is 397 g/mol. The number of fused-ring (bicyclic) bond motifs is 1. The number of nitrogens with zero attached hydrogens (tertiary/aromatic N) is 4. The number of piperazine rings is 1. The Balaban J connectivity index is 1.49. The summed E-state index contributed by atoms with van der Waals surface area (Å²) >= 11 is 1.51. The van der Waals surface area contributed by atoms with Crippen LogP contribution in [0.1, 0.15) is 12.8 Å². The van der Waals surface area contributed by atoms with Crippen LogP contribution >= 0.6 is 11.3 Å². The molecule has 0 bridgehead atoms. The average molecular weight is 397 g/mol. The maximum Gasteiger partial charge on any atom is 0.225 e. The molecule has 1 aliphatic heterocycles. The van der Waals surface area contributed by atoms with Crippen molar-refractivity contribution in [2.75, 3.05) is 36.8 Å². The summed E-state index contributed by atoms with van der Waals surface area (Å²) in [6.07, 6.45) is 2.05. The second-order valence-electron chi connectivity index (χ2n) is 7.33. The Morgan fingerprint density at radius 2 is 1.82 bits per heavy atom. The smallest absolute Gasteiger partial charge is 0.225 e. The van der Waals surface area contributed by atoms with Gasteiger partial charge in [-0.2, -0.15) is 4.98 Å². The van der Waals surface area contributed by atoms with E-state index in [1.54, 1.807) is 12.1 Å². The van der Waals surface area contributed by atoms with Crippen LogP contribution in [-0.2, 0) is 4.79 Å². The van der Waals surface area contributed by atoms with Gasteiger partial charge in [0.1, 0.15) is 16.5 Å². The first kappa shape index (κ1) is 17.4. The van der Waals surface area contributed by atoms with Gasteiger partial charge in [0, 0.05) is 43.0 Å². The van der Waals surface area contributed by atoms with E-state index in [1.807, 2.05) is 10.3 Å². The Morgan fingerprint density at radius 3 is 2.50 bits per heavy atom. The lowest BCUT2D eigenvalue weighted by Crippen LogP contribution is -2.49. The van der Waals surface area contributed by atoms with Crippen molar-refractivity contribution < 1.29 is 9.18 Å². The van der Waals surface area contributed by atoms with Crippen LogP contribution in [0.5, 0.6) is 0 Å². The standard InChI is InChI=1S/C20H20FN5OS/c21-14-5-3-12(4-6-14)15-11-28-18-16(15)17(23-20(22)24-18)25-7-9-26(10-8-25)19(27)13-1-2-13/h3-6,11,13H,1-2,7-10H2,(H2,22,23,24). The lowest BCUT2D eigenvalue weighted by molar-refractivity contribution is -0.132. The number of hydrogen-bond acceptors (Lipinski definition) is 6. The molecule has 1 amide bonds. The first-order valence-corrected chi connectivity index (χ1v) is 10.3. The second kappa shape index (κ2) is 6.70. The van der Waals surface area contributed by atoms with Crippen LogP contribution in [0.4, 0.5) is 16.2 Å². The summed E-state index contributed by atoms with van der Waals surface area (Å²) in [5.41, 5.74) is 7.87. The van der Waals surface area contributed by atoms with E-state index in [0.29, 0.717) is 26.2 Å². The van der Waals surface area contributed by atoms with Crippen LogP contribution < -0.4 is 10.6 Å². The molecule has 2 aliphatic rings. The third kappa shape index (κ3) is 3.07. The Bertz CT molecular complexity index is 1040. The fourth-order valence-corrected chi connectivity index (χ4v) is 4.69. The van der Waals surface area contributed by atoms with E-state index in [1.165, 1.54) is 23.5 Å². The molecule has 8 heteroatoms. The molecule has 5 rings (SSSR count). The van der Waals surface area contributed by atoms with Crippen molar-refractivity contribution in [3.05, 3.63) is 35.5 Å². The van der Waals surface area contributed by atoms with Gasteiger partial charge in [-0.1, -0.05) is 12.1 Å². The molecule has 2 aromatic heterocycles. The van der Waals surface area contributed by atoms with Crippen molar-refractivity contribution in [3.8, 4) is 11.1 Å². The molecule has 0 radical (unpaired) electrons. The minimum Gasteiger partial charge on any atom is -0.368 e. The second-order valence-corrected chi connectivity index (χ2v) is 8.19. The quantitative estimate of drug-likeness (QED) is 0.735. The molecule has 1 saturated heterocycles. The highest BCUT2D eigenvalue weighted by Crippen LogP contribution is 2.39. The average Bonchev–Trinajstić information content (AvgIpc) is 3.48. The van der Waals surface area contributed by atoms with E-state index in [-0.39, 0.29) is 23.6 Å². The van der Waals surface area contributed by atoms with E-state index in [0.717, 1.165) is 40.0 Å². The lowest BCUT2D eigenvalue weighted by atomic mass is 10.1. The molecule has 1 aromatic carbocycles. The molecule has 1 aliphatic carbocycles. The van der Waals surface area contributed by atoms with E-state index >= 15 is 0 Å². The predicted molar refractivity (Wildman–Crippen MR) is 109 cm³/mol. The Labute approximate surface area is 165 Å². The summed E-state index contributed by atoms with van der Waals surface area (Å²) in [7, 11) is 0. The summed E-state index contributed by atoms with van der Waals surface area (Å²) in [6, 6.07) is 6.45. The van der Waals surface area contributed by atoms with Gasteiger partial charge >= 0.3 is 0 Å². The third-order valence-electron chi connectivity index (χ3n) is 5.40. The van der Waals surface area contributed by atoms with Crippen molar-refractivity contribution in [3.63, 3.8) is 0 Å². The van der Waals surface area contributed by atoms with Crippen molar-refractivity contribution >= 4 is 39.2 Å². The maximum atomic E-state index is 13.3. The Morgan fingerprint density at radius 1 is 1.11 bits per heavy atom. The van der Waals surface area contributed by atoms with Crippen molar-refractivity contribution in [2.24, 2.45) is 5.92 Å². The number of carbonyl (C=O) groups is 1. The van der Waals surface area contributed by atoms with Crippen molar-refractivity contribution in [2.45, 2.75) is 12.8 Å². The van der Waals surface area contributed by atoms with Gasteiger partial charge in [-0.3, -0.25) is 4.79 Å². The Kier molecular flexibility index (Phi) is 4.16. The number of amides is 1. The van der Waals surface area contributed by atoms with Crippen LogP contribution in [0.25, 0.3) is 21.3 Å². The predicted octanol–water partition coefficient (Wildman–Crippen LogP) is 3.14. The van der Waals surface area contributed by atoms with Crippen molar-refractivity contribution in [1.82, 2.24) is 14.9 Å². The van der Waals surface area contributed by atoms with Crippen LogP contribution in [0.15, 0.2) is 29.6 Å². The summed E-state index contributed by atoms with van der Waals surface area (Å²) in [5.74, 6) is 1.30. The number of halogens is 1. The van der Waals surface area contributed by atoms with Gasteiger partial charge in [0.25, 0.3) is 0 Å². The molecule has 0 spiro atoms. The van der Waals surface area contributed by atoms with Gasteiger partial charge in [0.05, 0.1) is 5.39 Å². The molecule has 0 unspecified atom stereocenters. The summed E-state index contributed by atoms with van der Waals surface area (Å²) < 4.78 is 13.3. The van der Waals surface area contributed by atoms with Gasteiger partial charge in [0.15, 0.2) is 0 Å². The molecule has 0 atom stereocenters. The highest BCUT2D eigenvalue weighted by Gasteiger charge is 2.35. The van der Waals surface area contributed by atoms with Gasteiger partial charge in [-0.15, -0.1) is 11.3 Å². The SMILES string of the molecule is Nc1nc(N2CCN(C(=O)C3CC3)CC2)c2c(-c3ccc(F)cc3)csc2n1. The van der Waals surface area contributed by atoms with Crippen LogP contribution in [0.3, 0.4) is 0 Å². The number of aromatic nitrogens is 2. The maximum absolute atomic E-state index is 13.3. The number of carbonyl (C=O) groups excluding carboxylic acids is 1. The molecule has 6 nitrogen and oxygen atoms in total. The fourth-order valence-electron chi connectivity index (χ4n) is 3.74. The molecule has 1 saturated carbocycles. The molecule has 2 N–H and O–H groups in total. The zero-order valence-corrected chi connectivity index (χ0v) is 16.1. The zero-order chi connectivity index (χ0) is 19.3. The number of nitrogen functional groups attached to an aromatic ring is 1. The Hall–Kier alpha value is -2.74. The molecule has 144 valence electrons. The molecular weight excluding hydrogens is 377 g/mol. The highest BCUT2D eigenvalue weighted by molar-refractivity contribution is 7.17. The number of rotatable bonds is 3. The van der Waals surface area contributed by atoms with Gasteiger partial charge in [0.2, 0.25) is 11.9 Å². The minimum absolute atomic E-state index is 0.242. The number of anilines is 2. The number of hydrogen-bond donors (Lipinski definition) is 1. The number of nitrogens with two attached hydrogens (primary N) is 1. The van der Waals surface area contributed by atoms with Crippen LogP contribution in [0.2, 0.25) is 0 Å².